The van der Waals surface area contributed by atoms with Crippen LogP contribution in [0.1, 0.15) is 43.0 Å². The Morgan fingerprint density at radius 2 is 1.78 bits per heavy atom. The van der Waals surface area contributed by atoms with Crippen molar-refractivity contribution in [1.82, 2.24) is 10.9 Å². The van der Waals surface area contributed by atoms with Crippen molar-refractivity contribution in [3.63, 3.8) is 0 Å². The van der Waals surface area contributed by atoms with E-state index in [-0.39, 0.29) is 0 Å². The van der Waals surface area contributed by atoms with Gasteiger partial charge in [-0.15, -0.1) is 0 Å². The first-order valence-corrected chi connectivity index (χ1v) is 9.32. The number of ether oxygens (including phenoxy) is 1. The number of hydrogen-bond acceptors (Lipinski definition) is 3. The third kappa shape index (κ3) is 7.58. The number of urea groups is 1. The smallest absolute Gasteiger partial charge is 0.337 e. The molecule has 0 aliphatic carbocycles. The van der Waals surface area contributed by atoms with Gasteiger partial charge >= 0.3 is 6.03 Å². The predicted molar refractivity (Wildman–Crippen MR) is 107 cm³/mol. The average Bonchev–Trinajstić information content (AvgIpc) is 2.66. The van der Waals surface area contributed by atoms with E-state index in [9.17, 15) is 9.59 Å². The number of amides is 3. The third-order valence-corrected chi connectivity index (χ3v) is 3.99. The highest BCUT2D eigenvalue weighted by Gasteiger charge is 2.08. The second kappa shape index (κ2) is 11.1. The van der Waals surface area contributed by atoms with Crippen LogP contribution in [0.25, 0.3) is 0 Å². The van der Waals surface area contributed by atoms with Gasteiger partial charge < -0.3 is 10.1 Å². The lowest BCUT2D eigenvalue weighted by molar-refractivity contribution is 0.0938. The Kier molecular flexibility index (Phi) is 8.45. The monoisotopic (exact) mass is 389 g/mol. The summed E-state index contributed by atoms with van der Waals surface area (Å²) >= 11 is 5.85. The van der Waals surface area contributed by atoms with E-state index in [2.05, 4.69) is 23.1 Å². The minimum Gasteiger partial charge on any atom is -0.494 e. The van der Waals surface area contributed by atoms with Gasteiger partial charge in [0.05, 0.1) is 6.61 Å². The van der Waals surface area contributed by atoms with Gasteiger partial charge in [0.15, 0.2) is 0 Å². The number of benzene rings is 2. The molecule has 144 valence electrons. The number of rotatable bonds is 8. The molecule has 0 unspecified atom stereocenters. The number of hydrogen-bond donors (Lipinski definition) is 3. The molecule has 3 N–H and O–H groups in total. The summed E-state index contributed by atoms with van der Waals surface area (Å²) < 4.78 is 5.64. The molecule has 7 heteroatoms. The van der Waals surface area contributed by atoms with Crippen molar-refractivity contribution in [3.8, 4) is 5.75 Å². The maximum absolute atomic E-state index is 12.1. The first-order valence-electron chi connectivity index (χ1n) is 8.94. The Hall–Kier alpha value is -2.73. The van der Waals surface area contributed by atoms with Crippen LogP contribution in [-0.2, 0) is 0 Å². The van der Waals surface area contributed by atoms with Crippen molar-refractivity contribution in [2.24, 2.45) is 0 Å². The SMILES string of the molecule is CCCCCCOc1ccc(C(=O)NNC(=O)Nc2cccc(Cl)c2)cc1. The van der Waals surface area contributed by atoms with Crippen LogP contribution in [0.3, 0.4) is 0 Å². The second-order valence-corrected chi connectivity index (χ2v) is 6.41. The van der Waals surface area contributed by atoms with Gasteiger partial charge in [0.2, 0.25) is 0 Å². The molecule has 0 spiro atoms. The van der Waals surface area contributed by atoms with Crippen molar-refractivity contribution in [2.45, 2.75) is 32.6 Å². The number of anilines is 1. The molecule has 2 rings (SSSR count). The van der Waals surface area contributed by atoms with Crippen LogP contribution in [0.15, 0.2) is 48.5 Å². The van der Waals surface area contributed by atoms with Crippen LogP contribution in [-0.4, -0.2) is 18.5 Å². The van der Waals surface area contributed by atoms with E-state index in [1.165, 1.54) is 12.8 Å². The van der Waals surface area contributed by atoms with Gasteiger partial charge in [-0.2, -0.15) is 0 Å². The minimum atomic E-state index is -0.572. The molecule has 2 aromatic rings. The molecule has 27 heavy (non-hydrogen) atoms. The molecular formula is C20H24ClN3O3. The highest BCUT2D eigenvalue weighted by Crippen LogP contribution is 2.15. The summed E-state index contributed by atoms with van der Waals surface area (Å²) in [4.78, 5) is 23.9. The van der Waals surface area contributed by atoms with Crippen molar-refractivity contribution in [1.29, 1.82) is 0 Å². The Balaban J connectivity index is 1.74. The first kappa shape index (κ1) is 20.6. The molecule has 2 aromatic carbocycles. The summed E-state index contributed by atoms with van der Waals surface area (Å²) in [6.45, 7) is 2.83. The molecule has 0 radical (unpaired) electrons. The van der Waals surface area contributed by atoms with Crippen LogP contribution in [0.2, 0.25) is 5.02 Å². The predicted octanol–water partition coefficient (Wildman–Crippen LogP) is 4.77. The number of nitrogens with one attached hydrogen (secondary N) is 3. The van der Waals surface area contributed by atoms with Gasteiger partial charge in [-0.3, -0.25) is 10.2 Å². The highest BCUT2D eigenvalue weighted by molar-refractivity contribution is 6.30. The van der Waals surface area contributed by atoms with Crippen molar-refractivity contribution in [3.05, 3.63) is 59.1 Å². The van der Waals surface area contributed by atoms with Gasteiger partial charge in [0, 0.05) is 16.3 Å². The Labute approximate surface area is 164 Å². The second-order valence-electron chi connectivity index (χ2n) is 5.98. The van der Waals surface area contributed by atoms with Crippen molar-refractivity contribution >= 4 is 29.2 Å². The van der Waals surface area contributed by atoms with Gasteiger partial charge in [-0.05, 0) is 48.9 Å². The number of carbonyl (C=O) groups is 2. The molecule has 0 saturated heterocycles. The molecule has 0 aromatic heterocycles. The molecule has 0 aliphatic heterocycles. The fourth-order valence-corrected chi connectivity index (χ4v) is 2.53. The largest absolute Gasteiger partial charge is 0.494 e. The molecule has 0 heterocycles. The van der Waals surface area contributed by atoms with E-state index in [0.29, 0.717) is 22.9 Å². The summed E-state index contributed by atoms with van der Waals surface area (Å²) in [5.41, 5.74) is 5.57. The minimum absolute atomic E-state index is 0.413. The quantitative estimate of drug-likeness (QED) is 0.449. The summed E-state index contributed by atoms with van der Waals surface area (Å²) in [6.07, 6.45) is 4.57. The fraction of sp³-hybridized carbons (Fsp3) is 0.300. The van der Waals surface area contributed by atoms with E-state index in [1.807, 2.05) is 0 Å². The molecule has 0 bridgehead atoms. The number of halogens is 1. The van der Waals surface area contributed by atoms with Crippen LogP contribution in [0.5, 0.6) is 5.75 Å². The number of unbranched alkanes of at least 4 members (excludes halogenated alkanes) is 3. The summed E-state index contributed by atoms with van der Waals surface area (Å²) in [6, 6.07) is 12.9. The third-order valence-electron chi connectivity index (χ3n) is 3.76. The van der Waals surface area contributed by atoms with Crippen LogP contribution in [0, 0.1) is 0 Å². The lowest BCUT2D eigenvalue weighted by Gasteiger charge is -2.10. The molecule has 0 fully saturated rings. The van der Waals surface area contributed by atoms with E-state index in [0.717, 1.165) is 18.6 Å². The van der Waals surface area contributed by atoms with Crippen LogP contribution < -0.4 is 20.9 Å². The van der Waals surface area contributed by atoms with Crippen LogP contribution >= 0.6 is 11.6 Å². The maximum atomic E-state index is 12.1. The molecule has 0 atom stereocenters. The molecule has 3 amide bonds. The standard InChI is InChI=1S/C20H24ClN3O3/c1-2-3-4-5-13-27-18-11-9-15(10-12-18)19(25)23-24-20(26)22-17-8-6-7-16(21)14-17/h6-12,14H,2-5,13H2,1H3,(H,23,25)(H2,22,24,26). The molecular weight excluding hydrogens is 366 g/mol. The van der Waals surface area contributed by atoms with Crippen molar-refractivity contribution in [2.75, 3.05) is 11.9 Å². The van der Waals surface area contributed by atoms with E-state index < -0.39 is 11.9 Å². The highest BCUT2D eigenvalue weighted by atomic mass is 35.5. The lowest BCUT2D eigenvalue weighted by Crippen LogP contribution is -2.43. The number of carbonyl (C=O) groups excluding carboxylic acids is 2. The average molecular weight is 390 g/mol. The van der Waals surface area contributed by atoms with E-state index in [4.69, 9.17) is 16.3 Å². The summed E-state index contributed by atoms with van der Waals surface area (Å²) in [7, 11) is 0. The zero-order valence-corrected chi connectivity index (χ0v) is 16.0. The molecule has 6 nitrogen and oxygen atoms in total. The summed E-state index contributed by atoms with van der Waals surface area (Å²) in [5.74, 6) is 0.292. The topological polar surface area (TPSA) is 79.5 Å². The van der Waals surface area contributed by atoms with Crippen molar-refractivity contribution < 1.29 is 14.3 Å². The fourth-order valence-electron chi connectivity index (χ4n) is 2.34. The Morgan fingerprint density at radius 3 is 2.48 bits per heavy atom. The first-order chi connectivity index (χ1) is 13.1. The Bertz CT molecular complexity index is 750. The molecule has 0 aliphatic rings. The normalized spacial score (nSPS) is 10.1. The zero-order chi connectivity index (χ0) is 19.5. The van der Waals surface area contributed by atoms with Crippen LogP contribution in [0.4, 0.5) is 10.5 Å². The number of hydrazine groups is 1. The van der Waals surface area contributed by atoms with Gasteiger partial charge in [0.1, 0.15) is 5.75 Å². The molecule has 0 saturated carbocycles. The van der Waals surface area contributed by atoms with Gasteiger partial charge in [0.25, 0.3) is 5.91 Å². The Morgan fingerprint density at radius 1 is 1.00 bits per heavy atom. The van der Waals surface area contributed by atoms with E-state index >= 15 is 0 Å². The van der Waals surface area contributed by atoms with Gasteiger partial charge in [-0.1, -0.05) is 43.9 Å². The van der Waals surface area contributed by atoms with E-state index in [1.54, 1.807) is 48.5 Å². The lowest BCUT2D eigenvalue weighted by atomic mass is 10.2. The van der Waals surface area contributed by atoms with Gasteiger partial charge in [-0.25, -0.2) is 10.2 Å². The summed E-state index contributed by atoms with van der Waals surface area (Å²) in [5, 5.41) is 3.07. The maximum Gasteiger partial charge on any atom is 0.337 e. The zero-order valence-electron chi connectivity index (χ0n) is 15.3.